The van der Waals surface area contributed by atoms with Crippen molar-refractivity contribution in [2.45, 2.75) is 24.5 Å². The summed E-state index contributed by atoms with van der Waals surface area (Å²) in [6.07, 6.45) is -0.614. The van der Waals surface area contributed by atoms with Crippen molar-refractivity contribution < 1.29 is 13.5 Å². The van der Waals surface area contributed by atoms with Crippen LogP contribution in [0.25, 0.3) is 0 Å². The largest absolute Gasteiger partial charge is 0.389 e. The second-order valence-electron chi connectivity index (χ2n) is 4.70. The van der Waals surface area contributed by atoms with Gasteiger partial charge < -0.3 is 5.11 Å². The number of nitrogens with one attached hydrogen (secondary N) is 1. The highest BCUT2D eigenvalue weighted by atomic mass is 79.9. The van der Waals surface area contributed by atoms with E-state index >= 15 is 0 Å². The molecule has 0 amide bonds. The number of aliphatic hydroxyl groups excluding tert-OH is 1. The molecule has 1 unspecified atom stereocenters. The van der Waals surface area contributed by atoms with Gasteiger partial charge in [0.05, 0.1) is 11.0 Å². The molecular formula is C15H16BrNO3S. The molecule has 0 saturated heterocycles. The summed E-state index contributed by atoms with van der Waals surface area (Å²) >= 11 is 3.35. The maximum Gasteiger partial charge on any atom is 0.240 e. The number of halogens is 1. The summed E-state index contributed by atoms with van der Waals surface area (Å²) in [6.45, 7) is 1.86. The first kappa shape index (κ1) is 16.2. The summed E-state index contributed by atoms with van der Waals surface area (Å²) in [5, 5.41) is 9.43. The summed E-state index contributed by atoms with van der Waals surface area (Å²) in [4.78, 5) is 0.182. The van der Waals surface area contributed by atoms with Crippen molar-refractivity contribution in [3.63, 3.8) is 0 Å². The Morgan fingerprint density at radius 3 is 2.43 bits per heavy atom. The lowest BCUT2D eigenvalue weighted by molar-refractivity contribution is 0.199. The van der Waals surface area contributed by atoms with E-state index in [0.717, 1.165) is 10.0 Å². The minimum atomic E-state index is -3.56. The highest BCUT2D eigenvalue weighted by molar-refractivity contribution is 9.10. The Bertz CT molecular complexity index is 712. The van der Waals surface area contributed by atoms with Gasteiger partial charge in [-0.15, -0.1) is 0 Å². The van der Waals surface area contributed by atoms with Gasteiger partial charge in [-0.25, -0.2) is 13.1 Å². The van der Waals surface area contributed by atoms with Gasteiger partial charge in [-0.2, -0.15) is 0 Å². The Labute approximate surface area is 133 Å². The molecule has 0 aliphatic carbocycles. The summed E-state index contributed by atoms with van der Waals surface area (Å²) in [6, 6.07) is 13.6. The number of rotatable bonds is 5. The standard InChI is InChI=1S/C15H16BrNO3S/c1-11(18)13-5-7-15(8-6-13)21(19,20)17-10-12-3-2-4-14(16)9-12/h2-9,11,17-18H,10H2,1H3. The third-order valence-electron chi connectivity index (χ3n) is 3.03. The highest BCUT2D eigenvalue weighted by Crippen LogP contribution is 2.17. The molecule has 0 bridgehead atoms. The molecule has 1 atom stereocenters. The molecule has 0 saturated carbocycles. The number of sulfonamides is 1. The fraction of sp³-hybridized carbons (Fsp3) is 0.200. The Kier molecular flexibility index (Phi) is 5.16. The fourth-order valence-corrected chi connectivity index (χ4v) is 3.30. The van der Waals surface area contributed by atoms with Crippen LogP contribution in [0, 0.1) is 0 Å². The van der Waals surface area contributed by atoms with Gasteiger partial charge in [-0.05, 0) is 42.3 Å². The monoisotopic (exact) mass is 369 g/mol. The van der Waals surface area contributed by atoms with Crippen LogP contribution < -0.4 is 4.72 Å². The average Bonchev–Trinajstić information content (AvgIpc) is 2.45. The molecule has 0 spiro atoms. The van der Waals surface area contributed by atoms with E-state index in [-0.39, 0.29) is 11.4 Å². The van der Waals surface area contributed by atoms with E-state index in [2.05, 4.69) is 20.7 Å². The van der Waals surface area contributed by atoms with Gasteiger partial charge >= 0.3 is 0 Å². The van der Waals surface area contributed by atoms with Crippen LogP contribution in [-0.4, -0.2) is 13.5 Å². The van der Waals surface area contributed by atoms with Gasteiger partial charge in [0.2, 0.25) is 10.0 Å². The van der Waals surface area contributed by atoms with Crippen LogP contribution in [0.5, 0.6) is 0 Å². The fourth-order valence-electron chi connectivity index (χ4n) is 1.83. The highest BCUT2D eigenvalue weighted by Gasteiger charge is 2.14. The normalized spacial score (nSPS) is 13.1. The molecular weight excluding hydrogens is 354 g/mol. The molecule has 6 heteroatoms. The molecule has 112 valence electrons. The van der Waals surface area contributed by atoms with E-state index in [1.54, 1.807) is 19.1 Å². The lowest BCUT2D eigenvalue weighted by Crippen LogP contribution is -2.23. The summed E-state index contributed by atoms with van der Waals surface area (Å²) in [5.41, 5.74) is 1.55. The smallest absolute Gasteiger partial charge is 0.240 e. The molecule has 0 radical (unpaired) electrons. The minimum absolute atomic E-state index is 0.182. The Morgan fingerprint density at radius 2 is 1.86 bits per heavy atom. The van der Waals surface area contributed by atoms with Crippen LogP contribution in [0.15, 0.2) is 57.9 Å². The van der Waals surface area contributed by atoms with E-state index in [4.69, 9.17) is 0 Å². The first-order valence-corrected chi connectivity index (χ1v) is 8.68. The molecule has 4 nitrogen and oxygen atoms in total. The van der Waals surface area contributed by atoms with Gasteiger partial charge in [0.15, 0.2) is 0 Å². The van der Waals surface area contributed by atoms with Crippen molar-refractivity contribution >= 4 is 26.0 Å². The van der Waals surface area contributed by atoms with Gasteiger partial charge in [-0.3, -0.25) is 0 Å². The van der Waals surface area contributed by atoms with E-state index in [1.807, 2.05) is 24.3 Å². The molecule has 0 aliphatic rings. The maximum absolute atomic E-state index is 12.2. The summed E-state index contributed by atoms with van der Waals surface area (Å²) in [7, 11) is -3.56. The van der Waals surface area contributed by atoms with E-state index < -0.39 is 16.1 Å². The second-order valence-corrected chi connectivity index (χ2v) is 7.38. The van der Waals surface area contributed by atoms with Gasteiger partial charge in [0.1, 0.15) is 0 Å². The van der Waals surface area contributed by atoms with Crippen LogP contribution in [-0.2, 0) is 16.6 Å². The Hall–Kier alpha value is -1.21. The Morgan fingerprint density at radius 1 is 1.19 bits per heavy atom. The number of hydrogen-bond acceptors (Lipinski definition) is 3. The van der Waals surface area contributed by atoms with Crippen molar-refractivity contribution in [1.29, 1.82) is 0 Å². The molecule has 0 heterocycles. The number of aliphatic hydroxyl groups is 1. The first-order valence-electron chi connectivity index (χ1n) is 6.40. The van der Waals surface area contributed by atoms with Gasteiger partial charge in [0.25, 0.3) is 0 Å². The summed E-state index contributed by atoms with van der Waals surface area (Å²) < 4.78 is 27.8. The van der Waals surface area contributed by atoms with Crippen LogP contribution in [0.4, 0.5) is 0 Å². The average molecular weight is 370 g/mol. The predicted octanol–water partition coefficient (Wildman–Crippen LogP) is 2.98. The molecule has 2 rings (SSSR count). The maximum atomic E-state index is 12.2. The zero-order valence-electron chi connectivity index (χ0n) is 11.5. The number of hydrogen-bond donors (Lipinski definition) is 2. The van der Waals surface area contributed by atoms with Gasteiger partial charge in [-0.1, -0.05) is 40.2 Å². The van der Waals surface area contributed by atoms with Crippen molar-refractivity contribution in [3.05, 3.63) is 64.1 Å². The van der Waals surface area contributed by atoms with Gasteiger partial charge in [0, 0.05) is 11.0 Å². The van der Waals surface area contributed by atoms with Crippen LogP contribution in [0.3, 0.4) is 0 Å². The minimum Gasteiger partial charge on any atom is -0.389 e. The SMILES string of the molecule is CC(O)c1ccc(S(=O)(=O)NCc2cccc(Br)c2)cc1. The molecule has 21 heavy (non-hydrogen) atoms. The third-order valence-corrected chi connectivity index (χ3v) is 4.94. The molecule has 0 fully saturated rings. The zero-order chi connectivity index (χ0) is 15.5. The van der Waals surface area contributed by atoms with E-state index in [9.17, 15) is 13.5 Å². The number of benzene rings is 2. The lowest BCUT2D eigenvalue weighted by atomic mass is 10.1. The van der Waals surface area contributed by atoms with E-state index in [0.29, 0.717) is 5.56 Å². The third kappa shape index (κ3) is 4.38. The van der Waals surface area contributed by atoms with Crippen LogP contribution in [0.2, 0.25) is 0 Å². The molecule has 2 N–H and O–H groups in total. The lowest BCUT2D eigenvalue weighted by Gasteiger charge is -2.09. The quantitative estimate of drug-likeness (QED) is 0.851. The molecule has 0 aliphatic heterocycles. The molecule has 2 aromatic carbocycles. The van der Waals surface area contributed by atoms with Crippen molar-refractivity contribution in [1.82, 2.24) is 4.72 Å². The topological polar surface area (TPSA) is 66.4 Å². The van der Waals surface area contributed by atoms with Crippen molar-refractivity contribution in [3.8, 4) is 0 Å². The summed E-state index contributed by atoms with van der Waals surface area (Å²) in [5.74, 6) is 0. The Balaban J connectivity index is 2.11. The van der Waals surface area contributed by atoms with Crippen LogP contribution >= 0.6 is 15.9 Å². The predicted molar refractivity (Wildman–Crippen MR) is 85.2 cm³/mol. The second kappa shape index (κ2) is 6.70. The van der Waals surface area contributed by atoms with E-state index in [1.165, 1.54) is 12.1 Å². The first-order chi connectivity index (χ1) is 9.88. The molecule has 0 aromatic heterocycles. The van der Waals surface area contributed by atoms with Crippen LogP contribution in [0.1, 0.15) is 24.2 Å². The molecule has 2 aromatic rings. The zero-order valence-corrected chi connectivity index (χ0v) is 13.9. The van der Waals surface area contributed by atoms with Crippen molar-refractivity contribution in [2.75, 3.05) is 0 Å². The van der Waals surface area contributed by atoms with Crippen molar-refractivity contribution in [2.24, 2.45) is 0 Å².